The number of rotatable bonds is 3. The zero-order chi connectivity index (χ0) is 12.5. The topological polar surface area (TPSA) is 72.0 Å². The molecular weight excluding hydrogens is 306 g/mol. The third-order valence-corrected chi connectivity index (χ3v) is 5.05. The van der Waals surface area contributed by atoms with Gasteiger partial charge in [-0.1, -0.05) is 0 Å². The molecule has 2 rings (SSSR count). The van der Waals surface area contributed by atoms with Crippen LogP contribution in [0.3, 0.4) is 0 Å². The van der Waals surface area contributed by atoms with Crippen LogP contribution in [0.1, 0.15) is 25.1 Å². The molecule has 1 aliphatic heterocycles. The first-order valence-corrected chi connectivity index (χ1v) is 8.10. The second-order valence-electron chi connectivity index (χ2n) is 4.06. The van der Waals surface area contributed by atoms with Gasteiger partial charge < -0.3 is 5.32 Å². The van der Waals surface area contributed by atoms with Gasteiger partial charge in [-0.05, 0) is 29.3 Å². The second-order valence-corrected chi connectivity index (χ2v) is 7.14. The number of nitrogens with one attached hydrogen (secondary N) is 1. The molecule has 1 N–H and O–H groups in total. The molecule has 0 bridgehead atoms. The maximum absolute atomic E-state index is 11.4. The van der Waals surface area contributed by atoms with Gasteiger partial charge in [0, 0.05) is 18.7 Å². The van der Waals surface area contributed by atoms with E-state index in [0.29, 0.717) is 12.2 Å². The van der Waals surface area contributed by atoms with Gasteiger partial charge in [0.1, 0.15) is 11.6 Å². The van der Waals surface area contributed by atoms with E-state index in [4.69, 9.17) is 0 Å². The number of anilines is 1. The van der Waals surface area contributed by atoms with Crippen LogP contribution in [0.25, 0.3) is 0 Å². The lowest BCUT2D eigenvalue weighted by atomic mass is 10.1. The van der Waals surface area contributed by atoms with Crippen molar-refractivity contribution in [2.75, 3.05) is 23.4 Å². The summed E-state index contributed by atoms with van der Waals surface area (Å²) in [5.41, 5.74) is 0. The summed E-state index contributed by atoms with van der Waals surface area (Å²) in [6.45, 7) is 2.74. The van der Waals surface area contributed by atoms with Gasteiger partial charge in [-0.2, -0.15) is 0 Å². The standard InChI is InChI=1S/C10H14BrN3O2S/c1-2-12-10-8(11)5-13-9(14-10)7-3-4-17(15,16)6-7/h5,7H,2-4,6H2,1H3,(H,12,13,14). The Hall–Kier alpha value is -0.690. The highest BCUT2D eigenvalue weighted by Gasteiger charge is 2.31. The van der Waals surface area contributed by atoms with E-state index in [1.54, 1.807) is 6.20 Å². The summed E-state index contributed by atoms with van der Waals surface area (Å²) in [6, 6.07) is 0. The van der Waals surface area contributed by atoms with Gasteiger partial charge in [0.15, 0.2) is 9.84 Å². The molecule has 1 aromatic rings. The maximum Gasteiger partial charge on any atom is 0.151 e. The smallest absolute Gasteiger partial charge is 0.151 e. The van der Waals surface area contributed by atoms with Gasteiger partial charge in [-0.25, -0.2) is 18.4 Å². The summed E-state index contributed by atoms with van der Waals surface area (Å²) in [4.78, 5) is 8.58. The number of nitrogens with zero attached hydrogens (tertiary/aromatic N) is 2. The lowest BCUT2D eigenvalue weighted by Crippen LogP contribution is -2.10. The molecule has 0 amide bonds. The lowest BCUT2D eigenvalue weighted by Gasteiger charge is -2.10. The van der Waals surface area contributed by atoms with E-state index in [1.165, 1.54) is 0 Å². The highest BCUT2D eigenvalue weighted by Crippen LogP contribution is 2.28. The van der Waals surface area contributed by atoms with E-state index in [0.717, 1.165) is 16.8 Å². The Balaban J connectivity index is 2.25. The maximum atomic E-state index is 11.4. The van der Waals surface area contributed by atoms with Gasteiger partial charge in [-0.3, -0.25) is 0 Å². The van der Waals surface area contributed by atoms with Crippen molar-refractivity contribution in [1.29, 1.82) is 0 Å². The molecule has 0 radical (unpaired) electrons. The molecule has 0 aromatic carbocycles. The van der Waals surface area contributed by atoms with Crippen LogP contribution in [-0.4, -0.2) is 36.4 Å². The fourth-order valence-corrected chi connectivity index (χ4v) is 3.94. The fourth-order valence-electron chi connectivity index (χ4n) is 1.87. The molecular formula is C10H14BrN3O2S. The minimum atomic E-state index is -2.89. The first kappa shape index (κ1) is 12.8. The Morgan fingerprint density at radius 3 is 2.94 bits per heavy atom. The van der Waals surface area contributed by atoms with Crippen molar-refractivity contribution < 1.29 is 8.42 Å². The molecule has 1 saturated heterocycles. The molecule has 1 unspecified atom stereocenters. The van der Waals surface area contributed by atoms with Crippen molar-refractivity contribution in [2.45, 2.75) is 19.3 Å². The van der Waals surface area contributed by atoms with E-state index < -0.39 is 9.84 Å². The van der Waals surface area contributed by atoms with Gasteiger partial charge in [0.25, 0.3) is 0 Å². The van der Waals surface area contributed by atoms with Crippen LogP contribution in [0.2, 0.25) is 0 Å². The highest BCUT2D eigenvalue weighted by molar-refractivity contribution is 9.10. The van der Waals surface area contributed by atoms with E-state index in [2.05, 4.69) is 31.2 Å². The van der Waals surface area contributed by atoms with Crippen LogP contribution in [0, 0.1) is 0 Å². The molecule has 5 nitrogen and oxygen atoms in total. The minimum Gasteiger partial charge on any atom is -0.369 e. The van der Waals surface area contributed by atoms with Crippen molar-refractivity contribution in [3.05, 3.63) is 16.5 Å². The third-order valence-electron chi connectivity index (χ3n) is 2.70. The van der Waals surface area contributed by atoms with Gasteiger partial charge in [0.2, 0.25) is 0 Å². The van der Waals surface area contributed by atoms with Crippen LogP contribution >= 0.6 is 15.9 Å². The predicted octanol–water partition coefficient (Wildman–Crippen LogP) is 1.57. The van der Waals surface area contributed by atoms with Crippen molar-refractivity contribution in [1.82, 2.24) is 9.97 Å². The van der Waals surface area contributed by atoms with E-state index >= 15 is 0 Å². The van der Waals surface area contributed by atoms with Gasteiger partial charge in [-0.15, -0.1) is 0 Å². The van der Waals surface area contributed by atoms with E-state index in [1.807, 2.05) is 6.92 Å². The normalized spacial score (nSPS) is 22.6. The molecule has 1 fully saturated rings. The summed E-state index contributed by atoms with van der Waals surface area (Å²) in [7, 11) is -2.89. The van der Waals surface area contributed by atoms with Crippen LogP contribution in [0.4, 0.5) is 5.82 Å². The van der Waals surface area contributed by atoms with Crippen molar-refractivity contribution in [3.63, 3.8) is 0 Å². The Kier molecular flexibility index (Phi) is 3.67. The average molecular weight is 320 g/mol. The Labute approximate surface area is 109 Å². The molecule has 0 spiro atoms. The first-order valence-electron chi connectivity index (χ1n) is 5.48. The van der Waals surface area contributed by atoms with Crippen molar-refractivity contribution in [2.24, 2.45) is 0 Å². The van der Waals surface area contributed by atoms with Crippen LogP contribution in [0.5, 0.6) is 0 Å². The van der Waals surface area contributed by atoms with Crippen LogP contribution in [-0.2, 0) is 9.84 Å². The van der Waals surface area contributed by atoms with Crippen LogP contribution < -0.4 is 5.32 Å². The highest BCUT2D eigenvalue weighted by atomic mass is 79.9. The molecule has 1 aliphatic rings. The molecule has 1 atom stereocenters. The molecule has 1 aromatic heterocycles. The number of sulfone groups is 1. The summed E-state index contributed by atoms with van der Waals surface area (Å²) < 4.78 is 23.6. The molecule has 2 heterocycles. The molecule has 94 valence electrons. The van der Waals surface area contributed by atoms with Crippen LogP contribution in [0.15, 0.2) is 10.7 Å². The number of hydrogen-bond donors (Lipinski definition) is 1. The summed E-state index contributed by atoms with van der Waals surface area (Å²) in [5.74, 6) is 1.69. The minimum absolute atomic E-state index is 0.0643. The quantitative estimate of drug-likeness (QED) is 0.915. The largest absolute Gasteiger partial charge is 0.369 e. The second kappa shape index (κ2) is 4.89. The average Bonchev–Trinajstić information content (AvgIpc) is 2.62. The zero-order valence-electron chi connectivity index (χ0n) is 9.48. The molecule has 7 heteroatoms. The Morgan fingerprint density at radius 1 is 1.59 bits per heavy atom. The summed E-state index contributed by atoms with van der Waals surface area (Å²) in [6.07, 6.45) is 2.29. The monoisotopic (exact) mass is 319 g/mol. The van der Waals surface area contributed by atoms with Crippen molar-refractivity contribution >= 4 is 31.6 Å². The van der Waals surface area contributed by atoms with Gasteiger partial charge >= 0.3 is 0 Å². The molecule has 17 heavy (non-hydrogen) atoms. The predicted molar refractivity (Wildman–Crippen MR) is 69.9 cm³/mol. The Morgan fingerprint density at radius 2 is 2.35 bits per heavy atom. The molecule has 0 saturated carbocycles. The zero-order valence-corrected chi connectivity index (χ0v) is 11.9. The third kappa shape index (κ3) is 2.95. The summed E-state index contributed by atoms with van der Waals surface area (Å²) in [5, 5.41) is 3.11. The fraction of sp³-hybridized carbons (Fsp3) is 0.600. The van der Waals surface area contributed by atoms with Gasteiger partial charge in [0.05, 0.1) is 16.0 Å². The number of halogens is 1. The number of aromatic nitrogens is 2. The summed E-state index contributed by atoms with van der Waals surface area (Å²) >= 11 is 3.36. The van der Waals surface area contributed by atoms with E-state index in [-0.39, 0.29) is 17.4 Å². The SMILES string of the molecule is CCNc1nc(C2CCS(=O)(=O)C2)ncc1Br. The van der Waals surface area contributed by atoms with E-state index in [9.17, 15) is 8.42 Å². The first-order chi connectivity index (χ1) is 8.02. The molecule has 0 aliphatic carbocycles. The number of hydrogen-bond acceptors (Lipinski definition) is 5. The lowest BCUT2D eigenvalue weighted by molar-refractivity contribution is 0.601. The Bertz CT molecular complexity index is 518. The van der Waals surface area contributed by atoms with Crippen molar-refractivity contribution in [3.8, 4) is 0 Å².